The van der Waals surface area contributed by atoms with E-state index in [2.05, 4.69) is 13.5 Å². The smallest absolute Gasteiger partial charge is 0.333 e. The Kier molecular flexibility index (Phi) is 8.21. The zero-order valence-electron chi connectivity index (χ0n) is 12.9. The molecule has 0 unspecified atom stereocenters. The minimum absolute atomic E-state index is 0.242. The minimum atomic E-state index is -0.375. The van der Waals surface area contributed by atoms with Crippen molar-refractivity contribution < 1.29 is 19.0 Å². The van der Waals surface area contributed by atoms with E-state index in [1.54, 1.807) is 6.92 Å². The topological polar surface area (TPSA) is 44.8 Å². The minimum Gasteiger partial charge on any atom is -0.491 e. The molecule has 0 aromatic heterocycles. The van der Waals surface area contributed by atoms with Gasteiger partial charge in [-0.1, -0.05) is 32.1 Å². The van der Waals surface area contributed by atoms with E-state index in [1.165, 1.54) is 0 Å². The summed E-state index contributed by atoms with van der Waals surface area (Å²) in [5.74, 6) is 0.406. The van der Waals surface area contributed by atoms with Crippen LogP contribution in [-0.4, -0.2) is 25.8 Å². The van der Waals surface area contributed by atoms with E-state index in [0.29, 0.717) is 18.8 Å². The predicted molar refractivity (Wildman–Crippen MR) is 82.3 cm³/mol. The summed E-state index contributed by atoms with van der Waals surface area (Å²) >= 11 is 0. The number of rotatable bonds is 10. The molecule has 0 atom stereocenters. The Labute approximate surface area is 126 Å². The van der Waals surface area contributed by atoms with Gasteiger partial charge in [-0.2, -0.15) is 0 Å². The summed E-state index contributed by atoms with van der Waals surface area (Å²) in [5.41, 5.74) is 1.31. The SMILES string of the molecule is C=C(C)C(=O)OCc1ccc(OCCOCCCC)cc1. The Balaban J connectivity index is 2.24. The van der Waals surface area contributed by atoms with E-state index in [1.807, 2.05) is 24.3 Å². The van der Waals surface area contributed by atoms with Crippen LogP contribution in [0.25, 0.3) is 0 Å². The first-order chi connectivity index (χ1) is 10.1. The van der Waals surface area contributed by atoms with Gasteiger partial charge in [0.1, 0.15) is 19.0 Å². The molecular formula is C17H24O4. The zero-order chi connectivity index (χ0) is 15.5. The van der Waals surface area contributed by atoms with Gasteiger partial charge in [-0.05, 0) is 31.0 Å². The fourth-order valence-electron chi connectivity index (χ4n) is 1.52. The number of carbonyl (C=O) groups excluding carboxylic acids is 1. The summed E-state index contributed by atoms with van der Waals surface area (Å²) in [7, 11) is 0. The van der Waals surface area contributed by atoms with Crippen LogP contribution in [0.5, 0.6) is 5.75 Å². The van der Waals surface area contributed by atoms with Crippen LogP contribution in [0.3, 0.4) is 0 Å². The third-order valence-corrected chi connectivity index (χ3v) is 2.78. The Morgan fingerprint density at radius 3 is 2.48 bits per heavy atom. The lowest BCUT2D eigenvalue weighted by Crippen LogP contribution is -2.07. The van der Waals surface area contributed by atoms with Crippen LogP contribution in [0.4, 0.5) is 0 Å². The molecule has 0 N–H and O–H groups in total. The molecule has 0 bridgehead atoms. The second kappa shape index (κ2) is 10.00. The van der Waals surface area contributed by atoms with Crippen molar-refractivity contribution in [2.45, 2.75) is 33.3 Å². The maximum atomic E-state index is 11.3. The molecule has 0 saturated carbocycles. The lowest BCUT2D eigenvalue weighted by Gasteiger charge is -2.08. The van der Waals surface area contributed by atoms with Crippen LogP contribution in [0, 0.1) is 0 Å². The highest BCUT2D eigenvalue weighted by Crippen LogP contribution is 2.13. The number of ether oxygens (including phenoxy) is 3. The first-order valence-electron chi connectivity index (χ1n) is 7.25. The predicted octanol–water partition coefficient (Wildman–Crippen LogP) is 3.50. The first kappa shape index (κ1) is 17.2. The second-order valence-corrected chi connectivity index (χ2v) is 4.81. The maximum Gasteiger partial charge on any atom is 0.333 e. The molecule has 116 valence electrons. The summed E-state index contributed by atoms with van der Waals surface area (Å²) in [5, 5.41) is 0. The molecule has 0 aliphatic rings. The van der Waals surface area contributed by atoms with Gasteiger partial charge in [-0.25, -0.2) is 4.79 Å². The number of unbranched alkanes of at least 4 members (excludes halogenated alkanes) is 1. The van der Waals surface area contributed by atoms with Gasteiger partial charge in [0, 0.05) is 12.2 Å². The molecule has 0 radical (unpaired) electrons. The van der Waals surface area contributed by atoms with Crippen LogP contribution >= 0.6 is 0 Å². The van der Waals surface area contributed by atoms with Gasteiger partial charge >= 0.3 is 5.97 Å². The number of hydrogen-bond acceptors (Lipinski definition) is 4. The maximum absolute atomic E-state index is 11.3. The Morgan fingerprint density at radius 1 is 1.14 bits per heavy atom. The molecule has 1 rings (SSSR count). The summed E-state index contributed by atoms with van der Waals surface area (Å²) in [6, 6.07) is 7.46. The van der Waals surface area contributed by atoms with Gasteiger partial charge in [0.05, 0.1) is 6.61 Å². The van der Waals surface area contributed by atoms with Crippen LogP contribution < -0.4 is 4.74 Å². The van der Waals surface area contributed by atoms with E-state index >= 15 is 0 Å². The largest absolute Gasteiger partial charge is 0.491 e. The van der Waals surface area contributed by atoms with Crippen molar-refractivity contribution >= 4 is 5.97 Å². The molecule has 0 spiro atoms. The summed E-state index contributed by atoms with van der Waals surface area (Å²) < 4.78 is 16.0. The van der Waals surface area contributed by atoms with E-state index in [4.69, 9.17) is 14.2 Å². The first-order valence-corrected chi connectivity index (χ1v) is 7.25. The van der Waals surface area contributed by atoms with E-state index < -0.39 is 0 Å². The highest BCUT2D eigenvalue weighted by molar-refractivity contribution is 5.86. The van der Waals surface area contributed by atoms with Crippen molar-refractivity contribution in [2.24, 2.45) is 0 Å². The fourth-order valence-corrected chi connectivity index (χ4v) is 1.52. The number of benzene rings is 1. The molecule has 21 heavy (non-hydrogen) atoms. The van der Waals surface area contributed by atoms with Crippen molar-refractivity contribution in [3.8, 4) is 5.75 Å². The Bertz CT molecular complexity index is 437. The van der Waals surface area contributed by atoms with Gasteiger partial charge in [0.15, 0.2) is 0 Å². The van der Waals surface area contributed by atoms with Gasteiger partial charge in [-0.3, -0.25) is 0 Å². The van der Waals surface area contributed by atoms with E-state index in [9.17, 15) is 4.79 Å². The quantitative estimate of drug-likeness (QED) is 0.376. The van der Waals surface area contributed by atoms with Crippen LogP contribution in [0.2, 0.25) is 0 Å². The molecule has 0 saturated heterocycles. The summed E-state index contributed by atoms with van der Waals surface area (Å²) in [4.78, 5) is 11.3. The standard InChI is InChI=1S/C17H24O4/c1-4-5-10-19-11-12-20-16-8-6-15(7-9-16)13-21-17(18)14(2)3/h6-9H,2,4-5,10-13H2,1,3H3. The lowest BCUT2D eigenvalue weighted by molar-refractivity contribution is -0.140. The highest BCUT2D eigenvalue weighted by Gasteiger charge is 2.03. The molecule has 0 heterocycles. The third kappa shape index (κ3) is 7.51. The molecule has 1 aromatic carbocycles. The molecule has 0 fully saturated rings. The normalized spacial score (nSPS) is 10.2. The Hall–Kier alpha value is -1.81. The van der Waals surface area contributed by atoms with Crippen molar-refractivity contribution in [1.82, 2.24) is 0 Å². The fraction of sp³-hybridized carbons (Fsp3) is 0.471. The summed E-state index contributed by atoms with van der Waals surface area (Å²) in [6.07, 6.45) is 2.22. The van der Waals surface area contributed by atoms with Crippen LogP contribution in [-0.2, 0) is 20.9 Å². The molecule has 0 aliphatic carbocycles. The van der Waals surface area contributed by atoms with Crippen LogP contribution in [0.15, 0.2) is 36.4 Å². The second-order valence-electron chi connectivity index (χ2n) is 4.81. The Morgan fingerprint density at radius 2 is 1.86 bits per heavy atom. The monoisotopic (exact) mass is 292 g/mol. The van der Waals surface area contributed by atoms with Gasteiger partial charge in [0.2, 0.25) is 0 Å². The van der Waals surface area contributed by atoms with Gasteiger partial charge in [-0.15, -0.1) is 0 Å². The van der Waals surface area contributed by atoms with Crippen molar-refractivity contribution in [3.63, 3.8) is 0 Å². The van der Waals surface area contributed by atoms with Crippen molar-refractivity contribution in [3.05, 3.63) is 42.0 Å². The molecule has 1 aromatic rings. The third-order valence-electron chi connectivity index (χ3n) is 2.78. The summed E-state index contributed by atoms with van der Waals surface area (Å²) in [6.45, 7) is 9.45. The zero-order valence-corrected chi connectivity index (χ0v) is 12.9. The average Bonchev–Trinajstić information content (AvgIpc) is 2.49. The number of esters is 1. The van der Waals surface area contributed by atoms with E-state index in [0.717, 1.165) is 30.8 Å². The lowest BCUT2D eigenvalue weighted by atomic mass is 10.2. The average molecular weight is 292 g/mol. The number of carbonyl (C=O) groups is 1. The molecule has 4 nitrogen and oxygen atoms in total. The van der Waals surface area contributed by atoms with E-state index in [-0.39, 0.29) is 12.6 Å². The molecule has 0 amide bonds. The molecular weight excluding hydrogens is 268 g/mol. The van der Waals surface area contributed by atoms with Gasteiger partial charge < -0.3 is 14.2 Å². The number of hydrogen-bond donors (Lipinski definition) is 0. The van der Waals surface area contributed by atoms with Crippen molar-refractivity contribution in [2.75, 3.05) is 19.8 Å². The van der Waals surface area contributed by atoms with Crippen LogP contribution in [0.1, 0.15) is 32.3 Å². The van der Waals surface area contributed by atoms with Crippen molar-refractivity contribution in [1.29, 1.82) is 0 Å². The van der Waals surface area contributed by atoms with Gasteiger partial charge in [0.25, 0.3) is 0 Å². The molecule has 4 heteroatoms. The highest BCUT2D eigenvalue weighted by atomic mass is 16.5. The molecule has 0 aliphatic heterocycles.